The molecule has 0 atom stereocenters. The van der Waals surface area contributed by atoms with Crippen molar-refractivity contribution in [3.05, 3.63) is 63.6 Å². The zero-order valence-electron chi connectivity index (χ0n) is 13.2. The summed E-state index contributed by atoms with van der Waals surface area (Å²) in [5, 5.41) is 7.33. The fourth-order valence-corrected chi connectivity index (χ4v) is 2.38. The molecule has 0 saturated heterocycles. The Hall–Kier alpha value is -2.24. The second kappa shape index (κ2) is 8.57. The molecule has 0 fully saturated rings. The van der Waals surface area contributed by atoms with Gasteiger partial charge in [0.15, 0.2) is 5.71 Å². The maximum atomic E-state index is 12.0. The lowest BCUT2D eigenvalue weighted by molar-refractivity contribution is -0.114. The van der Waals surface area contributed by atoms with Crippen LogP contribution in [0.15, 0.2) is 47.6 Å². The number of amides is 1. The number of ether oxygens (including phenoxy) is 1. The first-order chi connectivity index (χ1) is 11.6. The maximum Gasteiger partial charge on any atom is 0.273 e. The van der Waals surface area contributed by atoms with Gasteiger partial charge in [-0.1, -0.05) is 52.6 Å². The summed E-state index contributed by atoms with van der Waals surface area (Å²) in [6.07, 6.45) is 0. The number of hydrogen-bond acceptors (Lipinski definition) is 4. The molecule has 0 aromatic heterocycles. The van der Waals surface area contributed by atoms with Gasteiger partial charge in [0, 0.05) is 23.7 Å². The molecule has 2 aromatic carbocycles. The zero-order chi connectivity index (χ0) is 17.5. The molecule has 0 aliphatic rings. The monoisotopic (exact) mass is 366 g/mol. The number of nitrogens with zero attached hydrogens (tertiary/aromatic N) is 1. The van der Waals surface area contributed by atoms with Crippen LogP contribution in [0.5, 0.6) is 5.75 Å². The van der Waals surface area contributed by atoms with E-state index in [4.69, 9.17) is 32.8 Å². The molecule has 1 amide bonds. The minimum Gasteiger partial charge on any atom is -0.487 e. The van der Waals surface area contributed by atoms with E-state index in [2.05, 4.69) is 10.5 Å². The average molecular weight is 367 g/mol. The van der Waals surface area contributed by atoms with Crippen LogP contribution in [0.2, 0.25) is 10.0 Å². The minimum atomic E-state index is -0.356. The highest BCUT2D eigenvalue weighted by atomic mass is 35.5. The SMILES string of the molecule is CNC(=O)C(=NOC)c1ccccc1COc1cc(Cl)ccc1Cl. The largest absolute Gasteiger partial charge is 0.487 e. The topological polar surface area (TPSA) is 59.9 Å². The van der Waals surface area contributed by atoms with E-state index < -0.39 is 0 Å². The Kier molecular flexibility index (Phi) is 6.46. The lowest BCUT2D eigenvalue weighted by Gasteiger charge is -2.13. The van der Waals surface area contributed by atoms with Crippen molar-refractivity contribution in [2.45, 2.75) is 6.61 Å². The van der Waals surface area contributed by atoms with E-state index in [1.165, 1.54) is 14.2 Å². The van der Waals surface area contributed by atoms with Crippen LogP contribution in [0.1, 0.15) is 11.1 Å². The van der Waals surface area contributed by atoms with E-state index in [0.717, 1.165) is 5.56 Å². The number of halogens is 2. The third-order valence-electron chi connectivity index (χ3n) is 3.17. The van der Waals surface area contributed by atoms with E-state index in [1.54, 1.807) is 30.3 Å². The molecule has 0 aliphatic carbocycles. The molecule has 0 unspecified atom stereocenters. The highest BCUT2D eigenvalue weighted by molar-refractivity contribution is 6.45. The number of benzene rings is 2. The van der Waals surface area contributed by atoms with Gasteiger partial charge in [-0.05, 0) is 17.7 Å². The van der Waals surface area contributed by atoms with Crippen molar-refractivity contribution < 1.29 is 14.4 Å². The van der Waals surface area contributed by atoms with Gasteiger partial charge in [-0.15, -0.1) is 0 Å². The van der Waals surface area contributed by atoms with E-state index in [9.17, 15) is 4.79 Å². The molecular formula is C17H16Cl2N2O3. The van der Waals surface area contributed by atoms with Crippen molar-refractivity contribution in [1.29, 1.82) is 0 Å². The van der Waals surface area contributed by atoms with Gasteiger partial charge in [0.05, 0.1) is 5.02 Å². The van der Waals surface area contributed by atoms with Crippen molar-refractivity contribution >= 4 is 34.8 Å². The predicted molar refractivity (Wildman–Crippen MR) is 94.8 cm³/mol. The number of rotatable bonds is 6. The molecule has 126 valence electrons. The number of hydrogen-bond donors (Lipinski definition) is 1. The Balaban J connectivity index is 2.30. The molecule has 2 rings (SSSR count). The lowest BCUT2D eigenvalue weighted by Crippen LogP contribution is -2.29. The van der Waals surface area contributed by atoms with Crippen LogP contribution in [-0.4, -0.2) is 25.8 Å². The molecule has 2 aromatic rings. The summed E-state index contributed by atoms with van der Waals surface area (Å²) in [5.41, 5.74) is 1.53. The fourth-order valence-electron chi connectivity index (χ4n) is 2.04. The van der Waals surface area contributed by atoms with Gasteiger partial charge in [-0.2, -0.15) is 0 Å². The summed E-state index contributed by atoms with van der Waals surface area (Å²) in [5.74, 6) is 0.106. The quantitative estimate of drug-likeness (QED) is 0.626. The van der Waals surface area contributed by atoms with Gasteiger partial charge in [-0.25, -0.2) is 0 Å². The average Bonchev–Trinajstić information content (AvgIpc) is 2.60. The molecule has 0 aliphatic heterocycles. The van der Waals surface area contributed by atoms with Crippen molar-refractivity contribution in [1.82, 2.24) is 5.32 Å². The Morgan fingerprint density at radius 3 is 2.67 bits per heavy atom. The molecule has 0 saturated carbocycles. The standard InChI is InChI=1S/C17H16Cl2N2O3/c1-20-17(22)16(21-23-2)13-6-4-3-5-11(13)10-24-15-9-12(18)7-8-14(15)19/h3-9H,10H2,1-2H3,(H,20,22). The molecule has 0 spiro atoms. The van der Waals surface area contributed by atoms with Crippen LogP contribution in [0.25, 0.3) is 0 Å². The predicted octanol–water partition coefficient (Wildman–Crippen LogP) is 3.67. The van der Waals surface area contributed by atoms with Crippen LogP contribution in [0, 0.1) is 0 Å². The van der Waals surface area contributed by atoms with Gasteiger partial charge in [0.25, 0.3) is 5.91 Å². The van der Waals surface area contributed by atoms with Gasteiger partial charge in [-0.3, -0.25) is 4.79 Å². The van der Waals surface area contributed by atoms with Gasteiger partial charge in [0.2, 0.25) is 0 Å². The van der Waals surface area contributed by atoms with Crippen LogP contribution in [0.3, 0.4) is 0 Å². The smallest absolute Gasteiger partial charge is 0.273 e. The fraction of sp³-hybridized carbons (Fsp3) is 0.176. The number of nitrogens with one attached hydrogen (secondary N) is 1. The number of likely N-dealkylation sites (N-methyl/N-ethyl adjacent to an activating group) is 1. The molecule has 0 heterocycles. The molecule has 5 nitrogen and oxygen atoms in total. The minimum absolute atomic E-state index is 0.163. The summed E-state index contributed by atoms with van der Waals surface area (Å²) < 4.78 is 5.74. The van der Waals surface area contributed by atoms with Crippen LogP contribution >= 0.6 is 23.2 Å². The number of oxime groups is 1. The summed E-state index contributed by atoms with van der Waals surface area (Å²) in [6, 6.07) is 12.2. The Morgan fingerprint density at radius 2 is 1.96 bits per heavy atom. The van der Waals surface area contributed by atoms with E-state index >= 15 is 0 Å². The molecule has 7 heteroatoms. The third kappa shape index (κ3) is 4.40. The van der Waals surface area contributed by atoms with Crippen molar-refractivity contribution in [2.75, 3.05) is 14.2 Å². The molecule has 0 bridgehead atoms. The van der Waals surface area contributed by atoms with Gasteiger partial charge >= 0.3 is 0 Å². The number of carbonyl (C=O) groups is 1. The van der Waals surface area contributed by atoms with E-state index in [0.29, 0.717) is 21.4 Å². The molecule has 0 radical (unpaired) electrons. The second-order valence-corrected chi connectivity index (χ2v) is 5.57. The van der Waals surface area contributed by atoms with Crippen LogP contribution in [0.4, 0.5) is 0 Å². The Morgan fingerprint density at radius 1 is 1.21 bits per heavy atom. The van der Waals surface area contributed by atoms with E-state index in [1.807, 2.05) is 12.1 Å². The van der Waals surface area contributed by atoms with Gasteiger partial charge in [0.1, 0.15) is 19.5 Å². The first-order valence-corrected chi connectivity index (χ1v) is 7.81. The molecular weight excluding hydrogens is 351 g/mol. The summed E-state index contributed by atoms with van der Waals surface area (Å²) in [4.78, 5) is 16.8. The van der Waals surface area contributed by atoms with E-state index in [-0.39, 0.29) is 18.2 Å². The summed E-state index contributed by atoms with van der Waals surface area (Å²) in [7, 11) is 2.91. The van der Waals surface area contributed by atoms with Crippen molar-refractivity contribution in [2.24, 2.45) is 5.16 Å². The van der Waals surface area contributed by atoms with Crippen LogP contribution in [-0.2, 0) is 16.2 Å². The Labute approximate surface area is 150 Å². The summed E-state index contributed by atoms with van der Waals surface area (Å²) >= 11 is 12.1. The highest BCUT2D eigenvalue weighted by Gasteiger charge is 2.17. The highest BCUT2D eigenvalue weighted by Crippen LogP contribution is 2.28. The van der Waals surface area contributed by atoms with Crippen molar-refractivity contribution in [3.8, 4) is 5.75 Å². The zero-order valence-corrected chi connectivity index (χ0v) is 14.7. The maximum absolute atomic E-state index is 12.0. The normalized spacial score (nSPS) is 11.1. The first kappa shape index (κ1) is 18.1. The van der Waals surface area contributed by atoms with Crippen LogP contribution < -0.4 is 10.1 Å². The number of carbonyl (C=O) groups excluding carboxylic acids is 1. The Bertz CT molecular complexity index is 763. The lowest BCUT2D eigenvalue weighted by atomic mass is 10.0. The van der Waals surface area contributed by atoms with Gasteiger partial charge < -0.3 is 14.9 Å². The summed E-state index contributed by atoms with van der Waals surface area (Å²) in [6.45, 7) is 0.190. The second-order valence-electron chi connectivity index (χ2n) is 4.72. The van der Waals surface area contributed by atoms with Crippen molar-refractivity contribution in [3.63, 3.8) is 0 Å². The third-order valence-corrected chi connectivity index (χ3v) is 3.72. The molecule has 24 heavy (non-hydrogen) atoms. The first-order valence-electron chi connectivity index (χ1n) is 7.06. The molecule has 1 N–H and O–H groups in total.